The number of aromatic amines is 1. The van der Waals surface area contributed by atoms with Crippen LogP contribution in [0.25, 0.3) is 10.9 Å². The fraction of sp³-hybridized carbons (Fsp3) is 0.111. The van der Waals surface area contributed by atoms with Crippen molar-refractivity contribution >= 4 is 28.7 Å². The molecule has 0 spiro atoms. The van der Waals surface area contributed by atoms with Gasteiger partial charge in [0.2, 0.25) is 0 Å². The van der Waals surface area contributed by atoms with Crippen molar-refractivity contribution in [2.24, 2.45) is 5.10 Å². The fourth-order valence-electron chi connectivity index (χ4n) is 2.54. The van der Waals surface area contributed by atoms with Crippen molar-refractivity contribution in [3.63, 3.8) is 0 Å². The number of amides is 1. The molecular formula is C18H16N4O4. The van der Waals surface area contributed by atoms with E-state index in [0.717, 1.165) is 22.2 Å². The van der Waals surface area contributed by atoms with Gasteiger partial charge in [0, 0.05) is 28.2 Å². The number of carbonyl (C=O) groups excluding carboxylic acids is 1. The van der Waals surface area contributed by atoms with Crippen LogP contribution in [0.3, 0.4) is 0 Å². The summed E-state index contributed by atoms with van der Waals surface area (Å²) in [5, 5.41) is 15.8. The van der Waals surface area contributed by atoms with Gasteiger partial charge in [-0.3, -0.25) is 14.9 Å². The summed E-state index contributed by atoms with van der Waals surface area (Å²) in [6, 6.07) is 13.6. The molecule has 132 valence electrons. The minimum absolute atomic E-state index is 0.0316. The Morgan fingerprint density at radius 3 is 2.81 bits per heavy atom. The van der Waals surface area contributed by atoms with E-state index in [1.165, 1.54) is 18.2 Å². The van der Waals surface area contributed by atoms with Crippen molar-refractivity contribution in [2.45, 2.75) is 6.92 Å². The summed E-state index contributed by atoms with van der Waals surface area (Å²) in [4.78, 5) is 25.4. The summed E-state index contributed by atoms with van der Waals surface area (Å²) in [5.41, 5.74) is 4.95. The Hall–Kier alpha value is -3.68. The lowest BCUT2D eigenvalue weighted by molar-refractivity contribution is -0.385. The van der Waals surface area contributed by atoms with Gasteiger partial charge in [-0.25, -0.2) is 5.43 Å². The summed E-state index contributed by atoms with van der Waals surface area (Å²) >= 11 is 0. The standard InChI is InChI=1S/C18H16N4O4/c1-12-14(13-6-2-3-7-15(13)20-12)10-19-21-18(23)11-26-17-9-5-4-8-16(17)22(24)25/h2-10,20H,11H2,1H3,(H,21,23)/b19-10+. The monoisotopic (exact) mass is 352 g/mol. The van der Waals surface area contributed by atoms with Gasteiger partial charge in [-0.15, -0.1) is 0 Å². The minimum Gasteiger partial charge on any atom is -0.477 e. The van der Waals surface area contributed by atoms with Crippen LogP contribution < -0.4 is 10.2 Å². The molecule has 8 nitrogen and oxygen atoms in total. The molecule has 0 fully saturated rings. The molecule has 0 unspecified atom stereocenters. The molecule has 0 atom stereocenters. The van der Waals surface area contributed by atoms with Crippen molar-refractivity contribution < 1.29 is 14.5 Å². The van der Waals surface area contributed by atoms with Crippen molar-refractivity contribution in [1.82, 2.24) is 10.4 Å². The van der Waals surface area contributed by atoms with Crippen molar-refractivity contribution in [3.8, 4) is 5.75 Å². The molecule has 3 rings (SSSR count). The number of nitro groups is 1. The zero-order chi connectivity index (χ0) is 18.5. The van der Waals surface area contributed by atoms with E-state index in [1.807, 2.05) is 31.2 Å². The van der Waals surface area contributed by atoms with Gasteiger partial charge in [0.05, 0.1) is 11.1 Å². The van der Waals surface area contributed by atoms with Crippen LogP contribution >= 0.6 is 0 Å². The number of nitrogens with one attached hydrogen (secondary N) is 2. The number of aryl methyl sites for hydroxylation is 1. The number of hydrazone groups is 1. The van der Waals surface area contributed by atoms with E-state index in [2.05, 4.69) is 15.5 Å². The Morgan fingerprint density at radius 1 is 1.27 bits per heavy atom. The molecule has 8 heteroatoms. The first kappa shape index (κ1) is 17.2. The second-order valence-corrected chi connectivity index (χ2v) is 5.52. The van der Waals surface area contributed by atoms with Crippen LogP contribution in [0.5, 0.6) is 5.75 Å². The molecule has 0 aliphatic carbocycles. The Labute approximate surface area is 148 Å². The average Bonchev–Trinajstić information content (AvgIpc) is 2.95. The molecule has 2 N–H and O–H groups in total. The molecule has 3 aromatic rings. The first-order valence-corrected chi connectivity index (χ1v) is 7.81. The van der Waals surface area contributed by atoms with E-state index in [0.29, 0.717) is 0 Å². The highest BCUT2D eigenvalue weighted by Crippen LogP contribution is 2.25. The maximum Gasteiger partial charge on any atom is 0.310 e. The summed E-state index contributed by atoms with van der Waals surface area (Å²) in [6.07, 6.45) is 1.55. The molecule has 0 saturated carbocycles. The summed E-state index contributed by atoms with van der Waals surface area (Å²) in [6.45, 7) is 1.54. The van der Waals surface area contributed by atoms with Crippen LogP contribution in [-0.2, 0) is 4.79 Å². The van der Waals surface area contributed by atoms with Gasteiger partial charge < -0.3 is 9.72 Å². The predicted octanol–water partition coefficient (Wildman–Crippen LogP) is 2.91. The third-order valence-corrected chi connectivity index (χ3v) is 3.75. The van der Waals surface area contributed by atoms with Crippen LogP contribution in [0.1, 0.15) is 11.3 Å². The van der Waals surface area contributed by atoms with Gasteiger partial charge in [0.25, 0.3) is 5.91 Å². The number of fused-ring (bicyclic) bond motifs is 1. The van der Waals surface area contributed by atoms with E-state index < -0.39 is 10.8 Å². The number of para-hydroxylation sites is 3. The third kappa shape index (κ3) is 3.69. The Morgan fingerprint density at radius 2 is 2.00 bits per heavy atom. The Bertz CT molecular complexity index is 994. The number of hydrogen-bond donors (Lipinski definition) is 2. The predicted molar refractivity (Wildman–Crippen MR) is 97.4 cm³/mol. The summed E-state index contributed by atoms with van der Waals surface area (Å²) < 4.78 is 5.21. The second kappa shape index (κ2) is 7.47. The first-order chi connectivity index (χ1) is 12.6. The zero-order valence-electron chi connectivity index (χ0n) is 13.9. The number of aromatic nitrogens is 1. The molecular weight excluding hydrogens is 336 g/mol. The lowest BCUT2D eigenvalue weighted by Gasteiger charge is -2.05. The van der Waals surface area contributed by atoms with Gasteiger partial charge in [-0.1, -0.05) is 30.3 Å². The van der Waals surface area contributed by atoms with E-state index >= 15 is 0 Å². The number of rotatable bonds is 6. The summed E-state index contributed by atoms with van der Waals surface area (Å²) in [5.74, 6) is -0.485. The van der Waals surface area contributed by atoms with E-state index in [1.54, 1.807) is 12.3 Å². The number of nitrogens with zero attached hydrogens (tertiary/aromatic N) is 2. The van der Waals surface area contributed by atoms with Crippen LogP contribution in [0, 0.1) is 17.0 Å². The number of nitro benzene ring substituents is 1. The van der Waals surface area contributed by atoms with Crippen molar-refractivity contribution in [2.75, 3.05) is 6.61 Å². The molecule has 0 radical (unpaired) electrons. The highest BCUT2D eigenvalue weighted by Gasteiger charge is 2.14. The molecule has 1 aromatic heterocycles. The van der Waals surface area contributed by atoms with Crippen LogP contribution in [0.2, 0.25) is 0 Å². The van der Waals surface area contributed by atoms with Crippen LogP contribution in [-0.4, -0.2) is 28.6 Å². The lowest BCUT2D eigenvalue weighted by Crippen LogP contribution is -2.24. The van der Waals surface area contributed by atoms with E-state index in [9.17, 15) is 14.9 Å². The molecule has 1 amide bonds. The molecule has 0 bridgehead atoms. The van der Waals surface area contributed by atoms with Gasteiger partial charge in [-0.05, 0) is 19.1 Å². The number of H-pyrrole nitrogens is 1. The van der Waals surface area contributed by atoms with E-state index in [-0.39, 0.29) is 18.0 Å². The largest absolute Gasteiger partial charge is 0.477 e. The summed E-state index contributed by atoms with van der Waals surface area (Å²) in [7, 11) is 0. The number of ether oxygens (including phenoxy) is 1. The quantitative estimate of drug-likeness (QED) is 0.404. The average molecular weight is 352 g/mol. The SMILES string of the molecule is Cc1[nH]c2ccccc2c1/C=N/NC(=O)COc1ccccc1[N+](=O)[O-]. The smallest absolute Gasteiger partial charge is 0.310 e. The van der Waals surface area contributed by atoms with Gasteiger partial charge in [-0.2, -0.15) is 5.10 Å². The highest BCUT2D eigenvalue weighted by atomic mass is 16.6. The first-order valence-electron chi connectivity index (χ1n) is 7.81. The normalized spacial score (nSPS) is 11.0. The molecule has 0 aliphatic heterocycles. The molecule has 2 aromatic carbocycles. The molecule has 26 heavy (non-hydrogen) atoms. The van der Waals surface area contributed by atoms with Gasteiger partial charge in [0.1, 0.15) is 0 Å². The van der Waals surface area contributed by atoms with Crippen molar-refractivity contribution in [1.29, 1.82) is 0 Å². The molecule has 0 saturated heterocycles. The Balaban J connectivity index is 1.62. The maximum absolute atomic E-state index is 11.8. The van der Waals surface area contributed by atoms with E-state index in [4.69, 9.17) is 4.74 Å². The maximum atomic E-state index is 11.8. The highest BCUT2D eigenvalue weighted by molar-refractivity contribution is 6.00. The fourth-order valence-corrected chi connectivity index (χ4v) is 2.54. The Kier molecular flexibility index (Phi) is 4.93. The van der Waals surface area contributed by atoms with Crippen molar-refractivity contribution in [3.05, 3.63) is 69.9 Å². The number of benzene rings is 2. The van der Waals surface area contributed by atoms with Gasteiger partial charge in [0.15, 0.2) is 12.4 Å². The lowest BCUT2D eigenvalue weighted by atomic mass is 10.1. The van der Waals surface area contributed by atoms with Crippen LogP contribution in [0.15, 0.2) is 53.6 Å². The number of hydrogen-bond acceptors (Lipinski definition) is 5. The number of carbonyl (C=O) groups is 1. The van der Waals surface area contributed by atoms with Gasteiger partial charge >= 0.3 is 5.69 Å². The molecule has 1 heterocycles. The second-order valence-electron chi connectivity index (χ2n) is 5.52. The molecule has 0 aliphatic rings. The zero-order valence-corrected chi connectivity index (χ0v) is 13.9. The topological polar surface area (TPSA) is 110 Å². The minimum atomic E-state index is -0.564. The third-order valence-electron chi connectivity index (χ3n) is 3.75. The van der Waals surface area contributed by atoms with Crippen LogP contribution in [0.4, 0.5) is 5.69 Å².